The molecule has 2 atom stereocenters. The Morgan fingerprint density at radius 2 is 1.73 bits per heavy atom. The number of ketones is 1. The first-order chi connectivity index (χ1) is 10.3. The number of fused-ring (bicyclic) bond motifs is 1. The Morgan fingerprint density at radius 3 is 2.50 bits per heavy atom. The highest BCUT2D eigenvalue weighted by Gasteiger charge is 2.30. The van der Waals surface area contributed by atoms with Crippen molar-refractivity contribution in [3.8, 4) is 0 Å². The number of hydrogen-bond acceptors (Lipinski definition) is 3. The van der Waals surface area contributed by atoms with Gasteiger partial charge < -0.3 is 5.73 Å². The molecule has 2 aromatic rings. The first kappa shape index (κ1) is 17.1. The molecule has 2 unspecified atom stereocenters. The number of aryl methyl sites for hydroxylation is 1. The predicted molar refractivity (Wildman–Crippen MR) is 95.5 cm³/mol. The minimum absolute atomic E-state index is 0. The Hall–Kier alpha value is -1.29. The molecule has 0 saturated carbocycles. The Bertz CT molecular complexity index is 632. The molecule has 0 aliphatic heterocycles. The largest absolute Gasteiger partial charge is 0.321 e. The fraction of sp³-hybridized carbons (Fsp3) is 0.278. The van der Waals surface area contributed by atoms with E-state index in [4.69, 9.17) is 5.73 Å². The molecular formula is C18H20ClNOS. The normalized spacial score (nSPS) is 20.7. The van der Waals surface area contributed by atoms with Crippen LogP contribution < -0.4 is 5.73 Å². The minimum Gasteiger partial charge on any atom is -0.321 e. The Morgan fingerprint density at radius 1 is 1.05 bits per heavy atom. The van der Waals surface area contributed by atoms with E-state index in [1.54, 1.807) is 11.8 Å². The standard InChI is InChI=1S/C18H19NOS.ClH/c19-16-11-10-14-8-4-5-9-15(14)18(17(16)20)21-12-13-6-2-1-3-7-13;/h1-9,16,18H,10-12,19H2;1H. The average molecular weight is 334 g/mol. The number of carbonyl (C=O) groups excluding carboxylic acids is 1. The number of thioether (sulfide) groups is 1. The van der Waals surface area contributed by atoms with Crippen LogP contribution in [0.3, 0.4) is 0 Å². The summed E-state index contributed by atoms with van der Waals surface area (Å²) in [5.41, 5.74) is 9.71. The van der Waals surface area contributed by atoms with Crippen LogP contribution in [0.15, 0.2) is 54.6 Å². The van der Waals surface area contributed by atoms with Gasteiger partial charge in [0, 0.05) is 5.75 Å². The number of hydrogen-bond donors (Lipinski definition) is 1. The van der Waals surface area contributed by atoms with Crippen LogP contribution in [-0.2, 0) is 17.0 Å². The van der Waals surface area contributed by atoms with E-state index in [1.807, 2.05) is 30.3 Å². The lowest BCUT2D eigenvalue weighted by atomic mass is 10.0. The maximum atomic E-state index is 12.6. The van der Waals surface area contributed by atoms with Crippen molar-refractivity contribution in [2.45, 2.75) is 29.9 Å². The van der Waals surface area contributed by atoms with Crippen LogP contribution >= 0.6 is 24.2 Å². The molecule has 2 nitrogen and oxygen atoms in total. The first-order valence-electron chi connectivity index (χ1n) is 7.28. The minimum atomic E-state index is -0.342. The van der Waals surface area contributed by atoms with Crippen LogP contribution in [0.25, 0.3) is 0 Å². The third-order valence-corrected chi connectivity index (χ3v) is 5.27. The van der Waals surface area contributed by atoms with E-state index in [1.165, 1.54) is 11.1 Å². The van der Waals surface area contributed by atoms with Crippen molar-refractivity contribution in [3.05, 3.63) is 71.3 Å². The van der Waals surface area contributed by atoms with E-state index in [9.17, 15) is 4.79 Å². The molecule has 0 fully saturated rings. The molecule has 2 aromatic carbocycles. The smallest absolute Gasteiger partial charge is 0.166 e. The van der Waals surface area contributed by atoms with Crippen LogP contribution in [0, 0.1) is 0 Å². The summed E-state index contributed by atoms with van der Waals surface area (Å²) in [5, 5.41) is -0.140. The van der Waals surface area contributed by atoms with Gasteiger partial charge in [0.25, 0.3) is 0 Å². The van der Waals surface area contributed by atoms with Crippen molar-refractivity contribution in [1.82, 2.24) is 0 Å². The summed E-state index contributed by atoms with van der Waals surface area (Å²) in [6, 6.07) is 18.2. The van der Waals surface area contributed by atoms with E-state index in [0.717, 1.165) is 24.2 Å². The number of rotatable bonds is 3. The van der Waals surface area contributed by atoms with Gasteiger partial charge in [0.2, 0.25) is 0 Å². The van der Waals surface area contributed by atoms with Gasteiger partial charge >= 0.3 is 0 Å². The molecule has 0 spiro atoms. The third kappa shape index (κ3) is 3.72. The van der Waals surface area contributed by atoms with Gasteiger partial charge in [-0.25, -0.2) is 0 Å². The maximum absolute atomic E-state index is 12.6. The molecule has 0 saturated heterocycles. The average Bonchev–Trinajstić information content (AvgIpc) is 2.65. The molecule has 0 aromatic heterocycles. The van der Waals surface area contributed by atoms with Gasteiger partial charge in [0.15, 0.2) is 5.78 Å². The molecule has 3 rings (SSSR count). The molecule has 2 N–H and O–H groups in total. The second kappa shape index (κ2) is 7.82. The van der Waals surface area contributed by atoms with Gasteiger partial charge in [0.1, 0.15) is 0 Å². The molecule has 4 heteroatoms. The van der Waals surface area contributed by atoms with Gasteiger partial charge in [0.05, 0.1) is 11.3 Å². The monoisotopic (exact) mass is 333 g/mol. The summed E-state index contributed by atoms with van der Waals surface area (Å²) in [6.45, 7) is 0. The molecule has 116 valence electrons. The van der Waals surface area contributed by atoms with Crippen molar-refractivity contribution in [2.75, 3.05) is 0 Å². The van der Waals surface area contributed by atoms with Crippen LogP contribution in [0.5, 0.6) is 0 Å². The molecule has 1 aliphatic rings. The zero-order valence-electron chi connectivity index (χ0n) is 12.3. The molecular weight excluding hydrogens is 314 g/mol. The van der Waals surface area contributed by atoms with E-state index in [-0.39, 0.29) is 29.5 Å². The highest BCUT2D eigenvalue weighted by atomic mass is 35.5. The Labute approximate surface area is 141 Å². The van der Waals surface area contributed by atoms with Crippen molar-refractivity contribution in [2.24, 2.45) is 5.73 Å². The van der Waals surface area contributed by atoms with Gasteiger partial charge in [-0.3, -0.25) is 4.79 Å². The lowest BCUT2D eigenvalue weighted by Gasteiger charge is -2.18. The molecule has 0 radical (unpaired) electrons. The van der Waals surface area contributed by atoms with Gasteiger partial charge in [-0.05, 0) is 29.5 Å². The predicted octanol–water partition coefficient (Wildman–Crippen LogP) is 3.93. The second-order valence-electron chi connectivity index (χ2n) is 5.42. The highest BCUT2D eigenvalue weighted by molar-refractivity contribution is 7.99. The van der Waals surface area contributed by atoms with Crippen LogP contribution in [-0.4, -0.2) is 11.8 Å². The fourth-order valence-corrected chi connectivity index (χ4v) is 4.04. The first-order valence-corrected chi connectivity index (χ1v) is 8.33. The number of nitrogens with two attached hydrogens (primary N) is 1. The van der Waals surface area contributed by atoms with Gasteiger partial charge in [-0.15, -0.1) is 24.2 Å². The SMILES string of the molecule is Cl.NC1CCc2ccccc2C(SCc2ccccc2)C1=O. The van der Waals surface area contributed by atoms with Crippen LogP contribution in [0.4, 0.5) is 0 Å². The number of Topliss-reactive ketones (excluding diaryl/α,β-unsaturated/α-hetero) is 1. The highest BCUT2D eigenvalue weighted by Crippen LogP contribution is 2.37. The van der Waals surface area contributed by atoms with Crippen molar-refractivity contribution in [3.63, 3.8) is 0 Å². The van der Waals surface area contributed by atoms with Gasteiger partial charge in [-0.2, -0.15) is 0 Å². The van der Waals surface area contributed by atoms with Crippen molar-refractivity contribution in [1.29, 1.82) is 0 Å². The van der Waals surface area contributed by atoms with E-state index in [0.29, 0.717) is 0 Å². The Balaban J connectivity index is 0.00000176. The molecule has 0 heterocycles. The Kier molecular flexibility index (Phi) is 6.07. The maximum Gasteiger partial charge on any atom is 0.166 e. The quantitative estimate of drug-likeness (QED) is 0.865. The summed E-state index contributed by atoms with van der Waals surface area (Å²) in [4.78, 5) is 12.6. The number of carbonyl (C=O) groups is 1. The molecule has 1 aliphatic carbocycles. The summed E-state index contributed by atoms with van der Waals surface area (Å²) in [7, 11) is 0. The lowest BCUT2D eigenvalue weighted by Crippen LogP contribution is -2.32. The zero-order chi connectivity index (χ0) is 14.7. The summed E-state index contributed by atoms with van der Waals surface area (Å²) < 4.78 is 0. The molecule has 0 bridgehead atoms. The number of halogens is 1. The number of benzene rings is 2. The fourth-order valence-electron chi connectivity index (χ4n) is 2.74. The molecule has 22 heavy (non-hydrogen) atoms. The summed E-state index contributed by atoms with van der Waals surface area (Å²) in [6.07, 6.45) is 1.64. The topological polar surface area (TPSA) is 43.1 Å². The second-order valence-corrected chi connectivity index (χ2v) is 6.52. The summed E-state index contributed by atoms with van der Waals surface area (Å²) in [5.74, 6) is 0.999. The molecule has 0 amide bonds. The zero-order valence-corrected chi connectivity index (χ0v) is 13.9. The summed E-state index contributed by atoms with van der Waals surface area (Å²) >= 11 is 1.69. The van der Waals surface area contributed by atoms with Crippen LogP contribution in [0.1, 0.15) is 28.4 Å². The third-order valence-electron chi connectivity index (χ3n) is 3.95. The van der Waals surface area contributed by atoms with Crippen LogP contribution in [0.2, 0.25) is 0 Å². The van der Waals surface area contributed by atoms with E-state index < -0.39 is 0 Å². The van der Waals surface area contributed by atoms with E-state index >= 15 is 0 Å². The lowest BCUT2D eigenvalue weighted by molar-refractivity contribution is -0.119. The van der Waals surface area contributed by atoms with Crippen molar-refractivity contribution >= 4 is 30.0 Å². The van der Waals surface area contributed by atoms with E-state index in [2.05, 4.69) is 24.3 Å². The van der Waals surface area contributed by atoms with Crippen molar-refractivity contribution < 1.29 is 4.79 Å². The van der Waals surface area contributed by atoms with Gasteiger partial charge in [-0.1, -0.05) is 54.6 Å².